The van der Waals surface area contributed by atoms with E-state index in [1.165, 1.54) is 4.31 Å². The average Bonchev–Trinajstić information content (AvgIpc) is 2.69. The zero-order chi connectivity index (χ0) is 14.9. The molecule has 1 aliphatic rings. The molecular formula is C12H18ClN3O3S. The van der Waals surface area contributed by atoms with E-state index in [0.29, 0.717) is 49.2 Å². The predicted octanol–water partition coefficient (Wildman–Crippen LogP) is 1.35. The van der Waals surface area contributed by atoms with Crippen LogP contribution in [0.25, 0.3) is 0 Å². The van der Waals surface area contributed by atoms with Gasteiger partial charge in [-0.25, -0.2) is 8.42 Å². The largest absolute Gasteiger partial charge is 0.360 e. The molecule has 0 amide bonds. The second kappa shape index (κ2) is 5.85. The fourth-order valence-electron chi connectivity index (χ4n) is 2.34. The molecule has 1 aromatic heterocycles. The van der Waals surface area contributed by atoms with E-state index in [-0.39, 0.29) is 4.90 Å². The lowest BCUT2D eigenvalue weighted by Crippen LogP contribution is -2.48. The van der Waals surface area contributed by atoms with Crippen LogP contribution in [0.4, 0.5) is 0 Å². The number of aryl methyl sites for hydroxylation is 2. The van der Waals surface area contributed by atoms with Gasteiger partial charge in [0.05, 0.1) is 0 Å². The van der Waals surface area contributed by atoms with Crippen molar-refractivity contribution in [2.75, 3.05) is 32.7 Å². The van der Waals surface area contributed by atoms with Crippen molar-refractivity contribution in [3.8, 4) is 0 Å². The Kier molecular flexibility index (Phi) is 4.53. The standard InChI is InChI=1S/C12H18ClN3O3S/c1-9(13)8-15-4-6-16(7-5-15)20(17,18)12-10(2)14-19-11(12)3/h1,4-8H2,2-3H3. The molecule has 0 saturated carbocycles. The van der Waals surface area contributed by atoms with Gasteiger partial charge in [-0.2, -0.15) is 4.31 Å². The molecule has 0 aliphatic carbocycles. The third-order valence-electron chi connectivity index (χ3n) is 3.29. The fourth-order valence-corrected chi connectivity index (χ4v) is 4.22. The molecule has 0 radical (unpaired) electrons. The SMILES string of the molecule is C=C(Cl)CN1CCN(S(=O)(=O)c2c(C)noc2C)CC1. The summed E-state index contributed by atoms with van der Waals surface area (Å²) in [4.78, 5) is 2.27. The number of piperazine rings is 1. The minimum atomic E-state index is -3.54. The van der Waals surface area contributed by atoms with Crippen LogP contribution in [0.5, 0.6) is 0 Å². The molecule has 0 N–H and O–H groups in total. The first-order chi connectivity index (χ1) is 9.32. The van der Waals surface area contributed by atoms with Crippen LogP contribution in [-0.4, -0.2) is 55.5 Å². The van der Waals surface area contributed by atoms with Gasteiger partial charge < -0.3 is 4.52 Å². The Bertz CT molecular complexity index is 584. The summed E-state index contributed by atoms with van der Waals surface area (Å²) in [7, 11) is -3.54. The second-order valence-electron chi connectivity index (χ2n) is 4.85. The maximum absolute atomic E-state index is 12.6. The minimum absolute atomic E-state index is 0.188. The Labute approximate surface area is 124 Å². The maximum atomic E-state index is 12.6. The number of hydrogen-bond donors (Lipinski definition) is 0. The van der Waals surface area contributed by atoms with Gasteiger partial charge in [-0.1, -0.05) is 23.3 Å². The third kappa shape index (κ3) is 3.06. The highest BCUT2D eigenvalue weighted by Crippen LogP contribution is 2.24. The molecule has 0 unspecified atom stereocenters. The normalized spacial score (nSPS) is 18.4. The number of rotatable bonds is 4. The first kappa shape index (κ1) is 15.5. The van der Waals surface area contributed by atoms with E-state index in [0.717, 1.165) is 0 Å². The molecule has 0 spiro atoms. The molecule has 1 fully saturated rings. The van der Waals surface area contributed by atoms with Crippen LogP contribution >= 0.6 is 11.6 Å². The molecule has 112 valence electrons. The van der Waals surface area contributed by atoms with Gasteiger partial charge in [0.2, 0.25) is 10.0 Å². The zero-order valence-electron chi connectivity index (χ0n) is 11.6. The Morgan fingerprint density at radius 3 is 2.40 bits per heavy atom. The molecule has 8 heteroatoms. The van der Waals surface area contributed by atoms with E-state index >= 15 is 0 Å². The Balaban J connectivity index is 2.12. The van der Waals surface area contributed by atoms with Crippen LogP contribution in [0.1, 0.15) is 11.5 Å². The summed E-state index contributed by atoms with van der Waals surface area (Å²) in [6.45, 7) is 9.60. The van der Waals surface area contributed by atoms with Gasteiger partial charge in [-0.15, -0.1) is 0 Å². The van der Waals surface area contributed by atoms with E-state index in [2.05, 4.69) is 16.6 Å². The molecule has 0 atom stereocenters. The number of sulfonamides is 1. The molecule has 6 nitrogen and oxygen atoms in total. The Morgan fingerprint density at radius 1 is 1.35 bits per heavy atom. The first-order valence-electron chi connectivity index (χ1n) is 6.31. The van der Waals surface area contributed by atoms with Crippen molar-refractivity contribution in [1.29, 1.82) is 0 Å². The molecular weight excluding hydrogens is 302 g/mol. The molecule has 1 aromatic rings. The van der Waals surface area contributed by atoms with Crippen molar-refractivity contribution in [3.63, 3.8) is 0 Å². The highest BCUT2D eigenvalue weighted by Gasteiger charge is 2.33. The zero-order valence-corrected chi connectivity index (χ0v) is 13.2. The highest BCUT2D eigenvalue weighted by molar-refractivity contribution is 7.89. The van der Waals surface area contributed by atoms with Gasteiger partial charge in [-0.3, -0.25) is 4.90 Å². The third-order valence-corrected chi connectivity index (χ3v) is 5.56. The molecule has 2 heterocycles. The van der Waals surface area contributed by atoms with Crippen molar-refractivity contribution < 1.29 is 12.9 Å². The predicted molar refractivity (Wildman–Crippen MR) is 76.2 cm³/mol. The van der Waals surface area contributed by atoms with E-state index in [1.807, 2.05) is 0 Å². The van der Waals surface area contributed by atoms with Crippen molar-refractivity contribution in [2.24, 2.45) is 0 Å². The van der Waals surface area contributed by atoms with Crippen molar-refractivity contribution in [3.05, 3.63) is 23.1 Å². The number of aromatic nitrogens is 1. The second-order valence-corrected chi connectivity index (χ2v) is 7.26. The monoisotopic (exact) mass is 319 g/mol. The quantitative estimate of drug-likeness (QED) is 0.838. The molecule has 20 heavy (non-hydrogen) atoms. The Morgan fingerprint density at radius 2 is 1.95 bits per heavy atom. The van der Waals surface area contributed by atoms with Crippen molar-refractivity contribution in [1.82, 2.24) is 14.4 Å². The van der Waals surface area contributed by atoms with Crippen molar-refractivity contribution in [2.45, 2.75) is 18.7 Å². The highest BCUT2D eigenvalue weighted by atomic mass is 35.5. The van der Waals surface area contributed by atoms with Crippen LogP contribution < -0.4 is 0 Å². The van der Waals surface area contributed by atoms with E-state index in [9.17, 15) is 8.42 Å². The van der Waals surface area contributed by atoms with Crippen LogP contribution in [0, 0.1) is 13.8 Å². The van der Waals surface area contributed by atoms with E-state index < -0.39 is 10.0 Å². The minimum Gasteiger partial charge on any atom is -0.360 e. The van der Waals surface area contributed by atoms with Crippen LogP contribution in [0.3, 0.4) is 0 Å². The first-order valence-corrected chi connectivity index (χ1v) is 8.13. The summed E-state index contributed by atoms with van der Waals surface area (Å²) in [5.74, 6) is 0.332. The van der Waals surface area contributed by atoms with Crippen LogP contribution in [-0.2, 0) is 10.0 Å². The van der Waals surface area contributed by atoms with Gasteiger partial charge in [0.25, 0.3) is 0 Å². The van der Waals surface area contributed by atoms with E-state index in [1.54, 1.807) is 13.8 Å². The maximum Gasteiger partial charge on any atom is 0.248 e. The van der Waals surface area contributed by atoms with Gasteiger partial charge in [0.15, 0.2) is 5.76 Å². The average molecular weight is 320 g/mol. The van der Waals surface area contributed by atoms with Crippen LogP contribution in [0.15, 0.2) is 21.0 Å². The van der Waals surface area contributed by atoms with Gasteiger partial charge >= 0.3 is 0 Å². The molecule has 2 rings (SSSR count). The summed E-state index contributed by atoms with van der Waals surface area (Å²) < 4.78 is 31.6. The lowest BCUT2D eigenvalue weighted by molar-refractivity contribution is 0.203. The summed E-state index contributed by atoms with van der Waals surface area (Å²) >= 11 is 5.77. The summed E-state index contributed by atoms with van der Waals surface area (Å²) in [5.41, 5.74) is 0.402. The summed E-state index contributed by atoms with van der Waals surface area (Å²) in [5, 5.41) is 4.27. The Hall–Kier alpha value is -0.890. The summed E-state index contributed by atoms with van der Waals surface area (Å²) in [6, 6.07) is 0. The number of nitrogens with zero attached hydrogens (tertiary/aromatic N) is 3. The van der Waals surface area contributed by atoms with Crippen molar-refractivity contribution >= 4 is 21.6 Å². The molecule has 1 saturated heterocycles. The lowest BCUT2D eigenvalue weighted by atomic mass is 10.3. The topological polar surface area (TPSA) is 66.7 Å². The fraction of sp³-hybridized carbons (Fsp3) is 0.583. The van der Waals surface area contributed by atoms with E-state index in [4.69, 9.17) is 16.1 Å². The van der Waals surface area contributed by atoms with Gasteiger partial charge in [-0.05, 0) is 13.8 Å². The lowest BCUT2D eigenvalue weighted by Gasteiger charge is -2.33. The number of halogens is 1. The molecule has 0 bridgehead atoms. The van der Waals surface area contributed by atoms with Crippen LogP contribution in [0.2, 0.25) is 0 Å². The molecule has 0 aromatic carbocycles. The smallest absolute Gasteiger partial charge is 0.248 e. The van der Waals surface area contributed by atoms with Gasteiger partial charge in [0, 0.05) is 37.8 Å². The van der Waals surface area contributed by atoms with Gasteiger partial charge in [0.1, 0.15) is 10.6 Å². The molecule has 1 aliphatic heterocycles. The number of hydrogen-bond acceptors (Lipinski definition) is 5. The summed E-state index contributed by atoms with van der Waals surface area (Å²) in [6.07, 6.45) is 0.